The molecule has 0 N–H and O–H groups in total. The Bertz CT molecular complexity index is 200. The number of rotatable bonds is 3. The normalized spacial score (nSPS) is 38.4. The van der Waals surface area contributed by atoms with Gasteiger partial charge < -0.3 is 9.47 Å². The second-order valence-electron chi connectivity index (χ2n) is 5.05. The van der Waals surface area contributed by atoms with Crippen LogP contribution >= 0.6 is 15.9 Å². The Labute approximate surface area is 101 Å². The van der Waals surface area contributed by atoms with Crippen LogP contribution in [0.25, 0.3) is 0 Å². The third-order valence-corrected chi connectivity index (χ3v) is 4.09. The summed E-state index contributed by atoms with van der Waals surface area (Å²) in [6.07, 6.45) is 6.17. The summed E-state index contributed by atoms with van der Waals surface area (Å²) in [5.74, 6) is 0.848. The maximum absolute atomic E-state index is 5.93. The Kier molecular flexibility index (Phi) is 4.08. The maximum Gasteiger partial charge on any atom is 0.0939 e. The fourth-order valence-electron chi connectivity index (χ4n) is 2.70. The predicted octanol–water partition coefficient (Wildman–Crippen LogP) is 3.14. The van der Waals surface area contributed by atoms with Gasteiger partial charge in [0.1, 0.15) is 0 Å². The molecule has 0 aromatic heterocycles. The topological polar surface area (TPSA) is 18.5 Å². The van der Waals surface area contributed by atoms with Crippen molar-refractivity contribution >= 4 is 15.9 Å². The smallest absolute Gasteiger partial charge is 0.0939 e. The van der Waals surface area contributed by atoms with Crippen LogP contribution in [-0.2, 0) is 9.47 Å². The van der Waals surface area contributed by atoms with Gasteiger partial charge in [-0.2, -0.15) is 0 Å². The summed E-state index contributed by atoms with van der Waals surface area (Å²) in [7, 11) is 0. The zero-order chi connectivity index (χ0) is 10.7. The lowest BCUT2D eigenvalue weighted by Gasteiger charge is -2.37. The van der Waals surface area contributed by atoms with Gasteiger partial charge >= 0.3 is 0 Å². The molecule has 3 atom stereocenters. The van der Waals surface area contributed by atoms with E-state index in [-0.39, 0.29) is 5.60 Å². The zero-order valence-electron chi connectivity index (χ0n) is 9.51. The molecule has 15 heavy (non-hydrogen) atoms. The standard InChI is InChI=1S/C12H21BrO2/c1-10(13)2-3-11-4-6-15-12(8-11)5-7-14-9-12/h10-11H,2-9H2,1H3. The Morgan fingerprint density at radius 2 is 2.33 bits per heavy atom. The molecule has 0 amide bonds. The van der Waals surface area contributed by atoms with Gasteiger partial charge in [-0.05, 0) is 31.6 Å². The molecule has 0 radical (unpaired) electrons. The molecule has 3 heteroatoms. The highest BCUT2D eigenvalue weighted by molar-refractivity contribution is 9.09. The summed E-state index contributed by atoms with van der Waals surface area (Å²) >= 11 is 3.62. The zero-order valence-corrected chi connectivity index (χ0v) is 11.1. The number of hydrogen-bond donors (Lipinski definition) is 0. The van der Waals surface area contributed by atoms with Crippen LogP contribution in [0.15, 0.2) is 0 Å². The molecule has 2 nitrogen and oxygen atoms in total. The average Bonchev–Trinajstić information content (AvgIpc) is 2.63. The van der Waals surface area contributed by atoms with Crippen LogP contribution in [0.5, 0.6) is 0 Å². The number of halogens is 1. The second kappa shape index (κ2) is 5.15. The van der Waals surface area contributed by atoms with Crippen molar-refractivity contribution in [1.29, 1.82) is 0 Å². The highest BCUT2D eigenvalue weighted by Crippen LogP contribution is 2.37. The van der Waals surface area contributed by atoms with Crippen LogP contribution in [-0.4, -0.2) is 30.2 Å². The number of alkyl halides is 1. The van der Waals surface area contributed by atoms with E-state index in [0.717, 1.165) is 32.2 Å². The van der Waals surface area contributed by atoms with Gasteiger partial charge in [0.05, 0.1) is 12.2 Å². The minimum atomic E-state index is 0.0957. The molecular weight excluding hydrogens is 256 g/mol. The highest BCUT2D eigenvalue weighted by Gasteiger charge is 2.40. The molecule has 2 fully saturated rings. The van der Waals surface area contributed by atoms with E-state index in [1.54, 1.807) is 0 Å². The van der Waals surface area contributed by atoms with Crippen molar-refractivity contribution in [2.75, 3.05) is 19.8 Å². The van der Waals surface area contributed by atoms with Gasteiger partial charge in [-0.15, -0.1) is 0 Å². The molecule has 1 spiro atoms. The van der Waals surface area contributed by atoms with Crippen molar-refractivity contribution in [3.8, 4) is 0 Å². The number of ether oxygens (including phenoxy) is 2. The summed E-state index contributed by atoms with van der Waals surface area (Å²) in [6.45, 7) is 4.88. The molecule has 88 valence electrons. The quantitative estimate of drug-likeness (QED) is 0.738. The lowest BCUT2D eigenvalue weighted by atomic mass is 9.83. The van der Waals surface area contributed by atoms with Gasteiger partial charge in [0, 0.05) is 24.5 Å². The van der Waals surface area contributed by atoms with Gasteiger partial charge in [0.2, 0.25) is 0 Å². The summed E-state index contributed by atoms with van der Waals surface area (Å²) < 4.78 is 11.4. The molecule has 2 aliphatic rings. The lowest BCUT2D eigenvalue weighted by Crippen LogP contribution is -2.40. The first kappa shape index (κ1) is 11.9. The third kappa shape index (κ3) is 3.18. The molecule has 2 heterocycles. The predicted molar refractivity (Wildman–Crippen MR) is 64.5 cm³/mol. The second-order valence-corrected chi connectivity index (χ2v) is 6.61. The molecule has 2 saturated heterocycles. The Balaban J connectivity index is 1.81. The Hall–Kier alpha value is 0.400. The van der Waals surface area contributed by atoms with Crippen LogP contribution in [0, 0.1) is 5.92 Å². The van der Waals surface area contributed by atoms with Crippen molar-refractivity contribution in [2.45, 2.75) is 49.5 Å². The fraction of sp³-hybridized carbons (Fsp3) is 1.00. The van der Waals surface area contributed by atoms with Crippen LogP contribution in [0.1, 0.15) is 39.0 Å². The Morgan fingerprint density at radius 1 is 1.47 bits per heavy atom. The first-order chi connectivity index (χ1) is 7.20. The molecular formula is C12H21BrO2. The van der Waals surface area contributed by atoms with E-state index in [0.29, 0.717) is 4.83 Å². The Morgan fingerprint density at radius 3 is 3.00 bits per heavy atom. The molecule has 3 unspecified atom stereocenters. The molecule has 2 aliphatic heterocycles. The van der Waals surface area contributed by atoms with E-state index in [2.05, 4.69) is 22.9 Å². The molecule has 0 aliphatic carbocycles. The number of hydrogen-bond acceptors (Lipinski definition) is 2. The molecule has 0 aromatic carbocycles. The van der Waals surface area contributed by atoms with E-state index in [1.807, 2.05) is 0 Å². The van der Waals surface area contributed by atoms with Crippen LogP contribution in [0.3, 0.4) is 0 Å². The maximum atomic E-state index is 5.93. The minimum Gasteiger partial charge on any atom is -0.378 e. The first-order valence-corrected chi connectivity index (χ1v) is 6.98. The first-order valence-electron chi connectivity index (χ1n) is 6.06. The van der Waals surface area contributed by atoms with Gasteiger partial charge in [-0.1, -0.05) is 22.9 Å². The monoisotopic (exact) mass is 276 g/mol. The van der Waals surface area contributed by atoms with Crippen molar-refractivity contribution in [3.05, 3.63) is 0 Å². The van der Waals surface area contributed by atoms with E-state index in [4.69, 9.17) is 9.47 Å². The largest absolute Gasteiger partial charge is 0.378 e. The van der Waals surface area contributed by atoms with Gasteiger partial charge in [-0.25, -0.2) is 0 Å². The summed E-state index contributed by atoms with van der Waals surface area (Å²) in [4.78, 5) is 0.649. The van der Waals surface area contributed by atoms with E-state index >= 15 is 0 Å². The van der Waals surface area contributed by atoms with E-state index in [1.165, 1.54) is 25.7 Å². The SMILES string of the molecule is CC(Br)CCC1CCOC2(CCOC2)C1. The van der Waals surface area contributed by atoms with E-state index < -0.39 is 0 Å². The summed E-state index contributed by atoms with van der Waals surface area (Å²) in [5.41, 5.74) is 0.0957. The fourth-order valence-corrected chi connectivity index (χ4v) is 2.97. The average molecular weight is 277 g/mol. The lowest BCUT2D eigenvalue weighted by molar-refractivity contribution is -0.0989. The van der Waals surface area contributed by atoms with E-state index in [9.17, 15) is 0 Å². The van der Waals surface area contributed by atoms with Crippen LogP contribution in [0.2, 0.25) is 0 Å². The van der Waals surface area contributed by atoms with Crippen molar-refractivity contribution in [2.24, 2.45) is 5.92 Å². The van der Waals surface area contributed by atoms with Crippen LogP contribution in [0.4, 0.5) is 0 Å². The molecule has 0 bridgehead atoms. The third-order valence-electron chi connectivity index (χ3n) is 3.63. The summed E-state index contributed by atoms with van der Waals surface area (Å²) in [5, 5.41) is 0. The van der Waals surface area contributed by atoms with Gasteiger partial charge in [0.15, 0.2) is 0 Å². The van der Waals surface area contributed by atoms with Crippen molar-refractivity contribution < 1.29 is 9.47 Å². The minimum absolute atomic E-state index is 0.0957. The molecule has 0 saturated carbocycles. The van der Waals surface area contributed by atoms with Gasteiger partial charge in [0.25, 0.3) is 0 Å². The highest BCUT2D eigenvalue weighted by atomic mass is 79.9. The summed E-state index contributed by atoms with van der Waals surface area (Å²) in [6, 6.07) is 0. The van der Waals surface area contributed by atoms with Crippen molar-refractivity contribution in [3.63, 3.8) is 0 Å². The molecule has 0 aromatic rings. The molecule has 2 rings (SSSR count). The van der Waals surface area contributed by atoms with Crippen LogP contribution < -0.4 is 0 Å². The van der Waals surface area contributed by atoms with Crippen molar-refractivity contribution in [1.82, 2.24) is 0 Å². The van der Waals surface area contributed by atoms with Gasteiger partial charge in [-0.3, -0.25) is 0 Å².